The van der Waals surface area contributed by atoms with Crippen molar-refractivity contribution >= 4 is 0 Å². The first kappa shape index (κ1) is 541. The van der Waals surface area contributed by atoms with E-state index in [1.54, 1.807) is 0 Å². The van der Waals surface area contributed by atoms with Crippen LogP contribution in [0.1, 0.15) is 0 Å². The quantitative estimate of drug-likeness (QED) is 0.432. The summed E-state index contributed by atoms with van der Waals surface area (Å²) in [4.78, 5) is 0. The minimum Gasteiger partial charge on any atom is -0.358 e. The monoisotopic (exact) mass is 216 g/mol. The standard InChI is InChI=1S/6CH3.2Cu/h6*1H3;;/q6*-1;;+2. The Labute approximate surface area is 78.8 Å². The van der Waals surface area contributed by atoms with E-state index in [4.69, 9.17) is 0 Å². The first-order chi connectivity index (χ1) is 0. The van der Waals surface area contributed by atoms with Crippen molar-refractivity contribution in [2.24, 2.45) is 0 Å². The Morgan fingerprint density at radius 3 is 0.375 bits per heavy atom. The Morgan fingerprint density at radius 2 is 0.375 bits per heavy atom. The molecule has 2 radical (unpaired) electrons. The van der Waals surface area contributed by atoms with Gasteiger partial charge in [0, 0.05) is 17.1 Å². The van der Waals surface area contributed by atoms with E-state index in [0.29, 0.717) is 0 Å². The van der Waals surface area contributed by atoms with E-state index in [-0.39, 0.29) is 78.7 Å². The van der Waals surface area contributed by atoms with Crippen molar-refractivity contribution in [1.29, 1.82) is 0 Å². The molecule has 8 heavy (non-hydrogen) atoms. The van der Waals surface area contributed by atoms with Gasteiger partial charge in [0.25, 0.3) is 0 Å². The molecular weight excluding hydrogens is 199 g/mol. The van der Waals surface area contributed by atoms with Crippen LogP contribution in [0.15, 0.2) is 0 Å². The fraction of sp³-hybridized carbons (Fsp3) is 0. The van der Waals surface area contributed by atoms with Gasteiger partial charge in [0.1, 0.15) is 0 Å². The number of hydrogen-bond donors (Lipinski definition) is 0. The third-order valence-electron chi connectivity index (χ3n) is 0. The maximum absolute atomic E-state index is 0. The topological polar surface area (TPSA) is 0 Å². The summed E-state index contributed by atoms with van der Waals surface area (Å²) in [5.41, 5.74) is 0. The van der Waals surface area contributed by atoms with Gasteiger partial charge >= 0.3 is 17.1 Å². The van der Waals surface area contributed by atoms with Crippen LogP contribution < -0.4 is 0 Å². The Bertz CT molecular complexity index is 6.49. The molecule has 0 aromatic rings. The largest absolute Gasteiger partial charge is 2.00 e. The predicted molar refractivity (Wildman–Crippen MR) is 38.5 cm³/mol. The Kier molecular flexibility index (Phi) is 25000. The molecule has 0 saturated carbocycles. The van der Waals surface area contributed by atoms with Crippen molar-refractivity contribution in [2.75, 3.05) is 0 Å². The van der Waals surface area contributed by atoms with Gasteiger partial charge in [-0.3, -0.25) is 0 Å². The van der Waals surface area contributed by atoms with Gasteiger partial charge in [-0.15, -0.1) is 0 Å². The van der Waals surface area contributed by atoms with Gasteiger partial charge in [0.05, 0.1) is 0 Å². The van der Waals surface area contributed by atoms with Gasteiger partial charge in [-0.05, 0) is 0 Å². The van der Waals surface area contributed by atoms with Crippen molar-refractivity contribution in [3.63, 3.8) is 0 Å². The van der Waals surface area contributed by atoms with Crippen LogP contribution in [-0.2, 0) is 34.1 Å². The molecule has 2 heteroatoms. The summed E-state index contributed by atoms with van der Waals surface area (Å²) >= 11 is 0. The van der Waals surface area contributed by atoms with E-state index in [1.165, 1.54) is 0 Å². The van der Waals surface area contributed by atoms with Gasteiger partial charge in [-0.25, -0.2) is 0 Å². The van der Waals surface area contributed by atoms with Gasteiger partial charge in [-0.1, -0.05) is 0 Å². The molecule has 0 aliphatic rings. The van der Waals surface area contributed by atoms with Gasteiger partial charge in [-0.2, -0.15) is 0 Å². The first-order valence-electron chi connectivity index (χ1n) is 0. The average molecular weight is 217 g/mol. The summed E-state index contributed by atoms with van der Waals surface area (Å²) in [6.45, 7) is 0. The molecule has 0 aliphatic heterocycles. The molecule has 0 bridgehead atoms. The molecule has 0 atom stereocenters. The van der Waals surface area contributed by atoms with Crippen LogP contribution >= 0.6 is 0 Å². The average Bonchev–Trinajstić information content (AvgIpc) is 0. The van der Waals surface area contributed by atoms with Crippen LogP contribution in [0.2, 0.25) is 0 Å². The fourth-order valence-corrected chi connectivity index (χ4v) is 0. The molecule has 68 valence electrons. The summed E-state index contributed by atoms with van der Waals surface area (Å²) in [5.74, 6) is 0. The molecule has 0 spiro atoms. The van der Waals surface area contributed by atoms with E-state index in [2.05, 4.69) is 0 Å². The number of rotatable bonds is 0. The number of hydrogen-bond acceptors (Lipinski definition) is 0. The van der Waals surface area contributed by atoms with Gasteiger partial charge in [0.15, 0.2) is 0 Å². The van der Waals surface area contributed by atoms with Crippen molar-refractivity contribution in [2.45, 2.75) is 0 Å². The van der Waals surface area contributed by atoms with Crippen LogP contribution in [-0.4, -0.2) is 0 Å². The van der Waals surface area contributed by atoms with Crippen LogP contribution in [0.25, 0.3) is 0 Å². The van der Waals surface area contributed by atoms with Crippen LogP contribution in [0, 0.1) is 44.6 Å². The second kappa shape index (κ2) is 369. The minimum atomic E-state index is 0. The maximum atomic E-state index is 0. The van der Waals surface area contributed by atoms with Crippen molar-refractivity contribution < 1.29 is 34.1 Å². The van der Waals surface area contributed by atoms with E-state index >= 15 is 0 Å². The molecule has 0 rings (SSSR count). The summed E-state index contributed by atoms with van der Waals surface area (Å²) < 4.78 is 0. The second-order valence-corrected chi connectivity index (χ2v) is 0. The maximum Gasteiger partial charge on any atom is 2.00 e. The van der Waals surface area contributed by atoms with Crippen LogP contribution in [0.3, 0.4) is 0 Å². The zero-order valence-corrected chi connectivity index (χ0v) is 8.49. The molecule has 0 saturated heterocycles. The van der Waals surface area contributed by atoms with E-state index in [9.17, 15) is 0 Å². The fourth-order valence-electron chi connectivity index (χ4n) is 0. The summed E-state index contributed by atoms with van der Waals surface area (Å²) in [6.07, 6.45) is 0. The molecule has 0 unspecified atom stereocenters. The SMILES string of the molecule is [CH3-].[CH3-].[CH3-].[CH3-].[CH3-].[CH3-].[Cu+2].[Cu]. The third-order valence-corrected chi connectivity index (χ3v) is 0. The van der Waals surface area contributed by atoms with Crippen molar-refractivity contribution in [3.8, 4) is 0 Å². The smallest absolute Gasteiger partial charge is 0.358 e. The van der Waals surface area contributed by atoms with E-state index in [1.807, 2.05) is 0 Å². The van der Waals surface area contributed by atoms with Gasteiger partial charge < -0.3 is 44.6 Å². The van der Waals surface area contributed by atoms with E-state index < -0.39 is 0 Å². The zero-order chi connectivity index (χ0) is 0. The minimum absolute atomic E-state index is 0. The molecule has 0 fully saturated rings. The molecular formula is C6H18Cu2-4. The third kappa shape index (κ3) is 238. The van der Waals surface area contributed by atoms with Crippen LogP contribution in [0.5, 0.6) is 0 Å². The Hall–Kier alpha value is 1.04. The molecule has 0 aromatic heterocycles. The first-order valence-corrected chi connectivity index (χ1v) is 0. The molecule has 0 aromatic carbocycles. The summed E-state index contributed by atoms with van der Waals surface area (Å²) in [6, 6.07) is 0. The Morgan fingerprint density at radius 1 is 0.375 bits per heavy atom. The molecule has 0 aliphatic carbocycles. The Balaban J connectivity index is 0. The summed E-state index contributed by atoms with van der Waals surface area (Å²) in [5, 5.41) is 0. The zero-order valence-electron chi connectivity index (χ0n) is 6.60. The second-order valence-electron chi connectivity index (χ2n) is 0. The predicted octanol–water partition coefficient (Wildman–Crippen LogP) is 2.70. The molecule has 0 amide bonds. The van der Waals surface area contributed by atoms with E-state index in [0.717, 1.165) is 0 Å². The summed E-state index contributed by atoms with van der Waals surface area (Å²) in [7, 11) is 0. The molecule has 0 heterocycles. The molecule has 0 nitrogen and oxygen atoms in total. The van der Waals surface area contributed by atoms with Crippen molar-refractivity contribution in [1.82, 2.24) is 0 Å². The normalized spacial score (nSPS) is 0. The molecule has 0 N–H and O–H groups in total. The van der Waals surface area contributed by atoms with Crippen LogP contribution in [0.4, 0.5) is 0 Å². The van der Waals surface area contributed by atoms with Crippen molar-refractivity contribution in [3.05, 3.63) is 44.6 Å². The van der Waals surface area contributed by atoms with Gasteiger partial charge in [0.2, 0.25) is 0 Å².